The summed E-state index contributed by atoms with van der Waals surface area (Å²) < 4.78 is 50.3. The number of halogens is 2. The van der Waals surface area contributed by atoms with E-state index in [1.54, 1.807) is 43.3 Å². The molecule has 0 spiro atoms. The van der Waals surface area contributed by atoms with Crippen LogP contribution in [0.3, 0.4) is 0 Å². The predicted octanol–water partition coefficient (Wildman–Crippen LogP) is 7.43. The van der Waals surface area contributed by atoms with Gasteiger partial charge in [0.2, 0.25) is 0 Å². The molecule has 0 radical (unpaired) electrons. The van der Waals surface area contributed by atoms with E-state index in [0.717, 1.165) is 17.7 Å². The second-order valence-corrected chi connectivity index (χ2v) is 11.1. The maximum Gasteiger partial charge on any atom is 0.332 e. The van der Waals surface area contributed by atoms with Crippen molar-refractivity contribution in [1.29, 1.82) is 0 Å². The van der Waals surface area contributed by atoms with Gasteiger partial charge in [-0.1, -0.05) is 19.1 Å². The summed E-state index contributed by atoms with van der Waals surface area (Å²) in [6.45, 7) is 3.65. The Hall–Kier alpha value is -3.30. The standard InChI is InChI=1S/C27H28F2N3O4PS/c1-4-16(2)36-37(33,34)15-17-5-8-20(9-6-17)30-27(38)32-25-12-18(7-10-26(25)35-3)23-13-19-11-21(28)22(29)14-24(19)31-23/h5-14,16,31H,4,15H2,1-3H3,(H,33,34)(H2,30,32,38). The molecule has 38 heavy (non-hydrogen) atoms. The van der Waals surface area contributed by atoms with Gasteiger partial charge >= 0.3 is 7.60 Å². The van der Waals surface area contributed by atoms with Crippen molar-refractivity contribution in [3.8, 4) is 17.0 Å². The number of nitrogens with one attached hydrogen (secondary N) is 3. The normalized spacial score (nSPS) is 13.6. The van der Waals surface area contributed by atoms with Gasteiger partial charge in [-0.2, -0.15) is 0 Å². The Morgan fingerprint density at radius 3 is 2.47 bits per heavy atom. The minimum atomic E-state index is -3.74. The van der Waals surface area contributed by atoms with E-state index < -0.39 is 19.2 Å². The zero-order chi connectivity index (χ0) is 27.4. The van der Waals surface area contributed by atoms with Gasteiger partial charge in [0, 0.05) is 33.9 Å². The molecule has 1 heterocycles. The molecule has 0 fully saturated rings. The molecule has 0 saturated carbocycles. The highest BCUT2D eigenvalue weighted by atomic mass is 32.1. The number of anilines is 2. The Morgan fingerprint density at radius 2 is 1.79 bits per heavy atom. The Bertz CT molecular complexity index is 1470. The molecular formula is C27H28F2N3O4PS. The molecule has 4 N–H and O–H groups in total. The largest absolute Gasteiger partial charge is 0.495 e. The smallest absolute Gasteiger partial charge is 0.332 e. The molecule has 0 amide bonds. The molecule has 11 heteroatoms. The lowest BCUT2D eigenvalue weighted by atomic mass is 10.1. The molecular weight excluding hydrogens is 531 g/mol. The van der Waals surface area contributed by atoms with Gasteiger partial charge in [-0.05, 0) is 73.6 Å². The number of aromatic amines is 1. The fourth-order valence-corrected chi connectivity index (χ4v) is 5.54. The van der Waals surface area contributed by atoms with E-state index in [-0.39, 0.29) is 12.3 Å². The molecule has 1 aromatic heterocycles. The summed E-state index contributed by atoms with van der Waals surface area (Å²) in [5.74, 6) is -1.28. The number of fused-ring (bicyclic) bond motifs is 1. The first-order chi connectivity index (χ1) is 18.1. The summed E-state index contributed by atoms with van der Waals surface area (Å²) in [6.07, 6.45) is 0.262. The molecule has 4 rings (SSSR count). The van der Waals surface area contributed by atoms with Crippen molar-refractivity contribution in [3.63, 3.8) is 0 Å². The van der Waals surface area contributed by atoms with Gasteiger partial charge in [0.25, 0.3) is 0 Å². The molecule has 0 saturated heterocycles. The van der Waals surface area contributed by atoms with Crippen LogP contribution in [0.15, 0.2) is 60.7 Å². The summed E-state index contributed by atoms with van der Waals surface area (Å²) >= 11 is 5.47. The summed E-state index contributed by atoms with van der Waals surface area (Å²) in [5, 5.41) is 7.03. The van der Waals surface area contributed by atoms with E-state index in [0.29, 0.717) is 50.8 Å². The number of hydrogen-bond acceptors (Lipinski definition) is 4. The maximum atomic E-state index is 13.6. The van der Waals surface area contributed by atoms with Crippen LogP contribution in [0, 0.1) is 11.6 Å². The van der Waals surface area contributed by atoms with E-state index in [4.69, 9.17) is 21.5 Å². The average molecular weight is 560 g/mol. The van der Waals surface area contributed by atoms with Crippen molar-refractivity contribution in [3.05, 3.63) is 77.9 Å². The molecule has 4 aromatic rings. The highest BCUT2D eigenvalue weighted by Crippen LogP contribution is 2.47. The second kappa shape index (κ2) is 11.6. The van der Waals surface area contributed by atoms with Gasteiger partial charge in [0.05, 0.1) is 25.1 Å². The van der Waals surface area contributed by atoms with Crippen molar-refractivity contribution in [2.24, 2.45) is 0 Å². The molecule has 2 unspecified atom stereocenters. The van der Waals surface area contributed by atoms with Crippen LogP contribution in [0.4, 0.5) is 20.2 Å². The third-order valence-electron chi connectivity index (χ3n) is 5.93. The minimum absolute atomic E-state index is 0.0860. The third-order valence-corrected chi connectivity index (χ3v) is 7.59. The van der Waals surface area contributed by atoms with E-state index in [2.05, 4.69) is 15.6 Å². The van der Waals surface area contributed by atoms with Crippen LogP contribution in [0.1, 0.15) is 25.8 Å². The maximum absolute atomic E-state index is 13.6. The number of ether oxygens (including phenoxy) is 1. The third kappa shape index (κ3) is 6.76. The summed E-state index contributed by atoms with van der Waals surface area (Å²) in [6, 6.07) is 16.4. The van der Waals surface area contributed by atoms with E-state index in [9.17, 15) is 18.2 Å². The van der Waals surface area contributed by atoms with Crippen molar-refractivity contribution in [2.45, 2.75) is 32.5 Å². The van der Waals surface area contributed by atoms with Crippen LogP contribution < -0.4 is 15.4 Å². The number of rotatable bonds is 9. The number of methoxy groups -OCH3 is 1. The average Bonchev–Trinajstić information content (AvgIpc) is 3.27. The van der Waals surface area contributed by atoms with Crippen molar-refractivity contribution >= 4 is 47.2 Å². The van der Waals surface area contributed by atoms with Gasteiger partial charge in [0.15, 0.2) is 16.7 Å². The first-order valence-corrected chi connectivity index (χ1v) is 14.1. The summed E-state index contributed by atoms with van der Waals surface area (Å²) in [5.41, 5.74) is 3.83. The highest BCUT2D eigenvalue weighted by molar-refractivity contribution is 7.80. The molecule has 200 valence electrons. The lowest BCUT2D eigenvalue weighted by molar-refractivity contribution is 0.185. The van der Waals surface area contributed by atoms with Crippen LogP contribution in [0.5, 0.6) is 5.75 Å². The lowest BCUT2D eigenvalue weighted by Gasteiger charge is -2.17. The molecule has 7 nitrogen and oxygen atoms in total. The lowest BCUT2D eigenvalue weighted by Crippen LogP contribution is -2.19. The van der Waals surface area contributed by atoms with E-state index >= 15 is 0 Å². The predicted molar refractivity (Wildman–Crippen MR) is 151 cm³/mol. The fourth-order valence-electron chi connectivity index (χ4n) is 3.86. The van der Waals surface area contributed by atoms with Gasteiger partial charge in [-0.15, -0.1) is 0 Å². The Balaban J connectivity index is 1.46. The van der Waals surface area contributed by atoms with Crippen LogP contribution in [-0.4, -0.2) is 28.2 Å². The number of aromatic nitrogens is 1. The Kier molecular flexibility index (Phi) is 8.47. The van der Waals surface area contributed by atoms with Crippen LogP contribution in [0.25, 0.3) is 22.2 Å². The summed E-state index contributed by atoms with van der Waals surface area (Å²) in [7, 11) is -2.21. The number of thiocarbonyl (C=S) groups is 1. The first kappa shape index (κ1) is 27.7. The summed E-state index contributed by atoms with van der Waals surface area (Å²) in [4.78, 5) is 13.2. The second-order valence-electron chi connectivity index (χ2n) is 8.85. The number of hydrogen-bond donors (Lipinski definition) is 4. The van der Waals surface area contributed by atoms with Crippen molar-refractivity contribution in [2.75, 3.05) is 17.7 Å². The van der Waals surface area contributed by atoms with Gasteiger partial charge in [-0.25, -0.2) is 8.78 Å². The van der Waals surface area contributed by atoms with Crippen molar-refractivity contribution in [1.82, 2.24) is 4.98 Å². The fraction of sp³-hybridized carbons (Fsp3) is 0.222. The van der Waals surface area contributed by atoms with Crippen LogP contribution in [-0.2, 0) is 15.3 Å². The molecule has 0 aliphatic heterocycles. The quantitative estimate of drug-likeness (QED) is 0.125. The number of H-pyrrole nitrogens is 1. The molecule has 2 atom stereocenters. The van der Waals surface area contributed by atoms with E-state index in [1.807, 2.05) is 19.1 Å². The zero-order valence-electron chi connectivity index (χ0n) is 21.0. The molecule has 0 bridgehead atoms. The van der Waals surface area contributed by atoms with Gasteiger partial charge in [0.1, 0.15) is 5.75 Å². The monoisotopic (exact) mass is 559 g/mol. The zero-order valence-corrected chi connectivity index (χ0v) is 22.8. The van der Waals surface area contributed by atoms with Crippen LogP contribution in [0.2, 0.25) is 0 Å². The number of benzene rings is 3. The Labute approximate surface area is 224 Å². The first-order valence-electron chi connectivity index (χ1n) is 11.9. The molecule has 0 aliphatic rings. The molecule has 3 aromatic carbocycles. The van der Waals surface area contributed by atoms with Gasteiger partial charge < -0.3 is 29.8 Å². The van der Waals surface area contributed by atoms with Crippen LogP contribution >= 0.6 is 19.8 Å². The van der Waals surface area contributed by atoms with Gasteiger partial charge in [-0.3, -0.25) is 4.57 Å². The topological polar surface area (TPSA) is 95.6 Å². The Morgan fingerprint density at radius 1 is 1.08 bits per heavy atom. The highest BCUT2D eigenvalue weighted by Gasteiger charge is 2.22. The molecule has 0 aliphatic carbocycles. The van der Waals surface area contributed by atoms with E-state index in [1.165, 1.54) is 7.11 Å². The van der Waals surface area contributed by atoms with Crippen molar-refractivity contribution < 1.29 is 27.5 Å². The minimum Gasteiger partial charge on any atom is -0.495 e. The SMILES string of the molecule is CCC(C)OP(=O)(O)Cc1ccc(NC(=S)Nc2cc(-c3cc4cc(F)c(F)cc4[nH]3)ccc2OC)cc1.